The van der Waals surface area contributed by atoms with Gasteiger partial charge in [-0.15, -0.1) is 0 Å². The zero-order valence-corrected chi connectivity index (χ0v) is 13.3. The summed E-state index contributed by atoms with van der Waals surface area (Å²) in [5, 5.41) is 0. The van der Waals surface area contributed by atoms with Crippen molar-refractivity contribution in [2.24, 2.45) is 5.92 Å². The van der Waals surface area contributed by atoms with Gasteiger partial charge in [-0.25, -0.2) is 4.39 Å². The molecule has 1 aliphatic rings. The molecule has 0 aromatic heterocycles. The van der Waals surface area contributed by atoms with E-state index >= 15 is 0 Å². The summed E-state index contributed by atoms with van der Waals surface area (Å²) in [6, 6.07) is 5.19. The van der Waals surface area contributed by atoms with Crippen molar-refractivity contribution in [1.29, 1.82) is 0 Å². The van der Waals surface area contributed by atoms with E-state index in [1.165, 1.54) is 6.07 Å². The zero-order valence-electron chi connectivity index (χ0n) is 13.3. The summed E-state index contributed by atoms with van der Waals surface area (Å²) in [4.78, 5) is 0. The Labute approximate surface area is 121 Å². The van der Waals surface area contributed by atoms with Crippen LogP contribution >= 0.6 is 0 Å². The second kappa shape index (κ2) is 5.16. The molecule has 1 saturated heterocycles. The van der Waals surface area contributed by atoms with Crippen LogP contribution in [0, 0.1) is 11.7 Å². The lowest BCUT2D eigenvalue weighted by Crippen LogP contribution is -2.41. The summed E-state index contributed by atoms with van der Waals surface area (Å²) in [7, 11) is -0.630. The van der Waals surface area contributed by atoms with Gasteiger partial charge in [0.1, 0.15) is 5.82 Å². The van der Waals surface area contributed by atoms with Crippen LogP contribution in [0.5, 0.6) is 0 Å². The van der Waals surface area contributed by atoms with Crippen molar-refractivity contribution < 1.29 is 13.7 Å². The Bertz CT molecular complexity index is 481. The molecule has 0 amide bonds. The van der Waals surface area contributed by atoms with Crippen LogP contribution in [0.3, 0.4) is 0 Å². The number of halogens is 1. The molecule has 110 valence electrons. The maximum Gasteiger partial charge on any atom is 0.498 e. The van der Waals surface area contributed by atoms with Crippen LogP contribution in [0.4, 0.5) is 4.39 Å². The van der Waals surface area contributed by atoms with Gasteiger partial charge in [-0.3, -0.25) is 0 Å². The van der Waals surface area contributed by atoms with Gasteiger partial charge >= 0.3 is 7.12 Å². The van der Waals surface area contributed by atoms with E-state index in [0.29, 0.717) is 11.4 Å². The molecule has 1 aromatic rings. The van der Waals surface area contributed by atoms with Crippen molar-refractivity contribution in [2.75, 3.05) is 0 Å². The number of rotatable bonds is 3. The van der Waals surface area contributed by atoms with Gasteiger partial charge in [0.15, 0.2) is 0 Å². The van der Waals surface area contributed by atoms with Gasteiger partial charge in [-0.05, 0) is 51.7 Å². The molecule has 0 bridgehead atoms. The van der Waals surface area contributed by atoms with Gasteiger partial charge in [-0.1, -0.05) is 26.0 Å². The smallest absolute Gasteiger partial charge is 0.399 e. The first-order chi connectivity index (χ1) is 9.14. The molecule has 4 heteroatoms. The van der Waals surface area contributed by atoms with Crippen molar-refractivity contribution in [3.05, 3.63) is 29.6 Å². The lowest BCUT2D eigenvalue weighted by Gasteiger charge is -2.32. The number of hydrogen-bond acceptors (Lipinski definition) is 2. The van der Waals surface area contributed by atoms with Crippen LogP contribution in [0.2, 0.25) is 0 Å². The monoisotopic (exact) mass is 278 g/mol. The maximum atomic E-state index is 14.3. The minimum atomic E-state index is -0.630. The summed E-state index contributed by atoms with van der Waals surface area (Å²) < 4.78 is 26.3. The highest BCUT2D eigenvalue weighted by Gasteiger charge is 2.52. The predicted octanol–water partition coefficient (Wildman–Crippen LogP) is 3.32. The lowest BCUT2D eigenvalue weighted by atomic mass is 9.74. The fourth-order valence-corrected chi connectivity index (χ4v) is 2.42. The summed E-state index contributed by atoms with van der Waals surface area (Å²) >= 11 is 0. The Balaban J connectivity index is 2.39. The van der Waals surface area contributed by atoms with Gasteiger partial charge in [0.2, 0.25) is 0 Å². The Morgan fingerprint density at radius 1 is 1.10 bits per heavy atom. The van der Waals surface area contributed by atoms with E-state index in [1.807, 2.05) is 33.8 Å². The third kappa shape index (κ3) is 2.77. The quantitative estimate of drug-likeness (QED) is 0.790. The second-order valence-electron chi connectivity index (χ2n) is 7.00. The predicted molar refractivity (Wildman–Crippen MR) is 80.7 cm³/mol. The molecule has 0 N–H and O–H groups in total. The Morgan fingerprint density at radius 3 is 2.15 bits per heavy atom. The Morgan fingerprint density at radius 2 is 1.65 bits per heavy atom. The van der Waals surface area contributed by atoms with Crippen LogP contribution in [-0.2, 0) is 15.7 Å². The summed E-state index contributed by atoms with van der Waals surface area (Å²) in [6.07, 6.45) is 0.817. The van der Waals surface area contributed by atoms with E-state index in [0.717, 1.165) is 12.0 Å². The lowest BCUT2D eigenvalue weighted by molar-refractivity contribution is 0.00578. The minimum Gasteiger partial charge on any atom is -0.399 e. The maximum absolute atomic E-state index is 14.3. The Kier molecular flexibility index (Phi) is 4.00. The topological polar surface area (TPSA) is 18.5 Å². The van der Waals surface area contributed by atoms with Gasteiger partial charge in [-0.2, -0.15) is 0 Å². The summed E-state index contributed by atoms with van der Waals surface area (Å²) in [5.74, 6) is 0.208. The van der Waals surface area contributed by atoms with E-state index < -0.39 is 18.3 Å². The fraction of sp³-hybridized carbons (Fsp3) is 0.625. The molecular weight excluding hydrogens is 254 g/mol. The molecule has 0 radical (unpaired) electrons. The Hall–Kier alpha value is -0.865. The highest BCUT2D eigenvalue weighted by atomic mass is 19.1. The summed E-state index contributed by atoms with van der Waals surface area (Å²) in [6.45, 7) is 12.2. The largest absolute Gasteiger partial charge is 0.498 e. The first-order valence-electron chi connectivity index (χ1n) is 7.27. The second-order valence-corrected chi connectivity index (χ2v) is 7.00. The standard InChI is InChI=1S/C16H24BFO2/c1-11(2)10-12-8-7-9-13(18)14(12)17-19-15(3,4)16(5,6)20-17/h7-9,11H,10H2,1-6H3. The van der Waals surface area contributed by atoms with Crippen molar-refractivity contribution in [3.63, 3.8) is 0 Å². The minimum absolute atomic E-state index is 0.248. The third-order valence-electron chi connectivity index (χ3n) is 4.26. The van der Waals surface area contributed by atoms with Crippen LogP contribution in [-0.4, -0.2) is 18.3 Å². The molecule has 0 aliphatic carbocycles. The molecule has 1 aromatic carbocycles. The van der Waals surface area contributed by atoms with Crippen molar-refractivity contribution in [1.82, 2.24) is 0 Å². The molecule has 1 aliphatic heterocycles. The molecule has 0 saturated carbocycles. The SMILES string of the molecule is CC(C)Cc1cccc(F)c1B1OC(C)(C)C(C)(C)O1. The van der Waals surface area contributed by atoms with Crippen molar-refractivity contribution >= 4 is 12.6 Å². The van der Waals surface area contributed by atoms with Crippen LogP contribution in [0.25, 0.3) is 0 Å². The highest BCUT2D eigenvalue weighted by Crippen LogP contribution is 2.37. The van der Waals surface area contributed by atoms with E-state index in [9.17, 15) is 4.39 Å². The first kappa shape index (κ1) is 15.5. The van der Waals surface area contributed by atoms with Gasteiger partial charge in [0, 0.05) is 5.46 Å². The van der Waals surface area contributed by atoms with Gasteiger partial charge in [0.05, 0.1) is 11.2 Å². The molecular formula is C16H24BFO2. The van der Waals surface area contributed by atoms with Crippen molar-refractivity contribution in [2.45, 2.75) is 59.2 Å². The van der Waals surface area contributed by atoms with E-state index in [-0.39, 0.29) is 5.82 Å². The highest BCUT2D eigenvalue weighted by molar-refractivity contribution is 6.62. The molecule has 2 rings (SSSR count). The molecule has 1 heterocycles. The molecule has 20 heavy (non-hydrogen) atoms. The van der Waals surface area contributed by atoms with Crippen molar-refractivity contribution in [3.8, 4) is 0 Å². The molecule has 0 atom stereocenters. The first-order valence-corrected chi connectivity index (χ1v) is 7.27. The van der Waals surface area contributed by atoms with Crippen LogP contribution < -0.4 is 5.46 Å². The number of hydrogen-bond donors (Lipinski definition) is 0. The number of benzene rings is 1. The molecule has 1 fully saturated rings. The summed E-state index contributed by atoms with van der Waals surface area (Å²) in [5.41, 5.74) is 0.628. The van der Waals surface area contributed by atoms with Crippen LogP contribution in [0.1, 0.15) is 47.1 Å². The van der Waals surface area contributed by atoms with E-state index in [4.69, 9.17) is 9.31 Å². The normalized spacial score (nSPS) is 20.7. The van der Waals surface area contributed by atoms with Gasteiger partial charge in [0.25, 0.3) is 0 Å². The van der Waals surface area contributed by atoms with Crippen LogP contribution in [0.15, 0.2) is 18.2 Å². The average Bonchev–Trinajstić information content (AvgIpc) is 2.46. The van der Waals surface area contributed by atoms with E-state index in [1.54, 1.807) is 6.07 Å². The molecule has 2 nitrogen and oxygen atoms in total. The molecule has 0 unspecified atom stereocenters. The molecule has 0 spiro atoms. The third-order valence-corrected chi connectivity index (χ3v) is 4.26. The fourth-order valence-electron chi connectivity index (χ4n) is 2.42. The van der Waals surface area contributed by atoms with Gasteiger partial charge < -0.3 is 9.31 Å². The zero-order chi connectivity index (χ0) is 15.1. The average molecular weight is 278 g/mol. The van der Waals surface area contributed by atoms with E-state index in [2.05, 4.69) is 13.8 Å².